The number of carbonyl (C=O) groups is 1. The number of morpholine rings is 1. The largest absolute Gasteiger partial charge is 0.494 e. The first-order valence-electron chi connectivity index (χ1n) is 14.3. The third kappa shape index (κ3) is 5.03. The van der Waals surface area contributed by atoms with Crippen molar-refractivity contribution in [2.24, 2.45) is 0 Å². The standard InChI is InChI=1S/C30H33FN6O5/c1-41-26-5-4-21(17-23(26)31)37-28(24-3-2-8-36(24)30(39)40)33-27-22(29(37)38)15-19(18-32)16-25(27)35-9-6-20(7-10-35)34-11-13-42-14-12-34/h4-5,15-17,20,24H,2-3,6-14H2,1H3,(H,39,40). The van der Waals surface area contributed by atoms with Gasteiger partial charge in [0.1, 0.15) is 11.3 Å². The number of benzene rings is 2. The fraction of sp³-hybridized carbons (Fsp3) is 0.467. The zero-order chi connectivity index (χ0) is 29.4. The van der Waals surface area contributed by atoms with E-state index in [1.165, 1.54) is 34.8 Å². The number of carboxylic acid groups (broad SMARTS) is 1. The smallest absolute Gasteiger partial charge is 0.407 e. The first-order valence-corrected chi connectivity index (χ1v) is 14.3. The number of methoxy groups -OCH3 is 1. The Morgan fingerprint density at radius 3 is 2.55 bits per heavy atom. The van der Waals surface area contributed by atoms with Gasteiger partial charge >= 0.3 is 6.09 Å². The van der Waals surface area contributed by atoms with Crippen molar-refractivity contribution in [2.45, 2.75) is 37.8 Å². The molecular formula is C30H33FN6O5. The number of rotatable bonds is 5. The lowest BCUT2D eigenvalue weighted by atomic mass is 10.0. The molecule has 3 aliphatic heterocycles. The van der Waals surface area contributed by atoms with Gasteiger partial charge in [-0.05, 0) is 49.9 Å². The maximum atomic E-state index is 14.9. The molecule has 4 heterocycles. The molecule has 11 nitrogen and oxygen atoms in total. The molecule has 0 aliphatic carbocycles. The van der Waals surface area contributed by atoms with E-state index in [1.54, 1.807) is 12.1 Å². The number of likely N-dealkylation sites (tertiary alicyclic amines) is 1. The van der Waals surface area contributed by atoms with Crippen molar-refractivity contribution < 1.29 is 23.8 Å². The van der Waals surface area contributed by atoms with Crippen LogP contribution >= 0.6 is 0 Å². The summed E-state index contributed by atoms with van der Waals surface area (Å²) in [4.78, 5) is 37.3. The minimum atomic E-state index is -1.11. The van der Waals surface area contributed by atoms with Crippen LogP contribution in [0.3, 0.4) is 0 Å². The van der Waals surface area contributed by atoms with Gasteiger partial charge in [-0.2, -0.15) is 5.26 Å². The summed E-state index contributed by atoms with van der Waals surface area (Å²) in [7, 11) is 1.35. The van der Waals surface area contributed by atoms with Crippen LogP contribution < -0.4 is 15.2 Å². The quantitative estimate of drug-likeness (QED) is 0.486. The van der Waals surface area contributed by atoms with Crippen LogP contribution in [0.2, 0.25) is 0 Å². The summed E-state index contributed by atoms with van der Waals surface area (Å²) in [5.74, 6) is -0.417. The predicted octanol–water partition coefficient (Wildman–Crippen LogP) is 3.52. The number of ether oxygens (including phenoxy) is 2. The molecule has 3 aromatic rings. The summed E-state index contributed by atoms with van der Waals surface area (Å²) < 4.78 is 26.7. The van der Waals surface area contributed by atoms with Gasteiger partial charge in [-0.1, -0.05) is 0 Å². The molecule has 0 bridgehead atoms. The second-order valence-corrected chi connectivity index (χ2v) is 10.9. The van der Waals surface area contributed by atoms with E-state index in [9.17, 15) is 24.3 Å². The van der Waals surface area contributed by atoms with Crippen molar-refractivity contribution in [3.63, 3.8) is 0 Å². The molecule has 1 unspecified atom stereocenters. The number of hydrogen-bond donors (Lipinski definition) is 1. The van der Waals surface area contributed by atoms with E-state index in [4.69, 9.17) is 14.5 Å². The molecular weight excluding hydrogens is 543 g/mol. The van der Waals surface area contributed by atoms with Gasteiger partial charge in [0.05, 0.1) is 54.8 Å². The molecule has 1 N–H and O–H groups in total. The van der Waals surface area contributed by atoms with Gasteiger partial charge in [0.25, 0.3) is 5.56 Å². The van der Waals surface area contributed by atoms with E-state index in [0.717, 1.165) is 52.2 Å². The molecule has 1 aromatic heterocycles. The molecule has 42 heavy (non-hydrogen) atoms. The number of nitrogens with zero attached hydrogens (tertiary/aromatic N) is 6. The second kappa shape index (κ2) is 11.6. The highest BCUT2D eigenvalue weighted by atomic mass is 19.1. The fourth-order valence-corrected chi connectivity index (χ4v) is 6.54. The van der Waals surface area contributed by atoms with E-state index < -0.39 is 23.5 Å². The van der Waals surface area contributed by atoms with Crippen LogP contribution in [0, 0.1) is 17.1 Å². The van der Waals surface area contributed by atoms with Gasteiger partial charge in [-0.15, -0.1) is 0 Å². The Labute approximate surface area is 242 Å². The Hall–Kier alpha value is -4.21. The SMILES string of the molecule is COc1ccc(-n2c(C3CCCN3C(=O)O)nc3c(N4CCC(N5CCOCC5)CC4)cc(C#N)cc3c2=O)cc1F. The topological polar surface area (TPSA) is 124 Å². The van der Waals surface area contributed by atoms with E-state index in [-0.39, 0.29) is 22.6 Å². The lowest BCUT2D eigenvalue weighted by Crippen LogP contribution is -2.49. The van der Waals surface area contributed by atoms with Crippen molar-refractivity contribution in [3.8, 4) is 17.5 Å². The molecule has 0 radical (unpaired) electrons. The summed E-state index contributed by atoms with van der Waals surface area (Å²) in [6.07, 6.45) is 1.81. The first kappa shape index (κ1) is 27.9. The molecule has 1 amide bonds. The Morgan fingerprint density at radius 1 is 1.12 bits per heavy atom. The average Bonchev–Trinajstić information content (AvgIpc) is 3.52. The van der Waals surface area contributed by atoms with Gasteiger partial charge in [0.15, 0.2) is 11.6 Å². The lowest BCUT2D eigenvalue weighted by Gasteiger charge is -2.41. The van der Waals surface area contributed by atoms with Crippen molar-refractivity contribution in [3.05, 3.63) is 57.9 Å². The van der Waals surface area contributed by atoms with Gasteiger partial charge in [0, 0.05) is 44.8 Å². The fourth-order valence-electron chi connectivity index (χ4n) is 6.54. The van der Waals surface area contributed by atoms with Gasteiger partial charge in [0.2, 0.25) is 0 Å². The third-order valence-electron chi connectivity index (χ3n) is 8.67. The Bertz CT molecular complexity index is 1610. The molecule has 0 saturated carbocycles. The Kier molecular flexibility index (Phi) is 7.70. The molecule has 3 aliphatic rings. The minimum absolute atomic E-state index is 0.0182. The third-order valence-corrected chi connectivity index (χ3v) is 8.67. The van der Waals surface area contributed by atoms with Crippen LogP contribution in [0.15, 0.2) is 35.1 Å². The van der Waals surface area contributed by atoms with E-state index in [0.29, 0.717) is 42.2 Å². The van der Waals surface area contributed by atoms with Crippen molar-refractivity contribution in [1.82, 2.24) is 19.4 Å². The van der Waals surface area contributed by atoms with Gasteiger partial charge in [-0.3, -0.25) is 19.2 Å². The number of fused-ring (bicyclic) bond motifs is 1. The first-order chi connectivity index (χ1) is 20.4. The number of anilines is 1. The molecule has 12 heteroatoms. The van der Waals surface area contributed by atoms with Crippen molar-refractivity contribution in [1.29, 1.82) is 5.26 Å². The van der Waals surface area contributed by atoms with E-state index in [1.807, 2.05) is 0 Å². The van der Waals surface area contributed by atoms with Gasteiger partial charge < -0.3 is 19.5 Å². The van der Waals surface area contributed by atoms with Crippen LogP contribution in [0.4, 0.5) is 14.9 Å². The summed E-state index contributed by atoms with van der Waals surface area (Å²) in [5, 5.41) is 20.0. The molecule has 0 spiro atoms. The highest BCUT2D eigenvalue weighted by Gasteiger charge is 2.35. The van der Waals surface area contributed by atoms with E-state index >= 15 is 0 Å². The summed E-state index contributed by atoms with van der Waals surface area (Å²) in [6, 6.07) is 9.34. The maximum Gasteiger partial charge on any atom is 0.407 e. The molecule has 3 fully saturated rings. The number of aromatic nitrogens is 2. The highest BCUT2D eigenvalue weighted by Crippen LogP contribution is 2.36. The van der Waals surface area contributed by atoms with Gasteiger partial charge in [-0.25, -0.2) is 14.2 Å². The summed E-state index contributed by atoms with van der Waals surface area (Å²) in [6.45, 7) is 5.05. The number of halogens is 1. The lowest BCUT2D eigenvalue weighted by molar-refractivity contribution is 0.0115. The normalized spacial score (nSPS) is 20.2. The molecule has 6 rings (SSSR count). The second-order valence-electron chi connectivity index (χ2n) is 10.9. The average molecular weight is 577 g/mol. The van der Waals surface area contributed by atoms with Crippen molar-refractivity contribution in [2.75, 3.05) is 57.9 Å². The molecule has 1 atom stereocenters. The Balaban J connectivity index is 1.49. The maximum absolute atomic E-state index is 14.9. The number of amides is 1. The monoisotopic (exact) mass is 576 g/mol. The van der Waals surface area contributed by atoms with Crippen LogP contribution in [-0.2, 0) is 4.74 Å². The van der Waals surface area contributed by atoms with Crippen LogP contribution in [0.25, 0.3) is 16.6 Å². The Morgan fingerprint density at radius 2 is 1.88 bits per heavy atom. The summed E-state index contributed by atoms with van der Waals surface area (Å²) >= 11 is 0. The number of piperidine rings is 1. The molecule has 220 valence electrons. The van der Waals surface area contributed by atoms with Crippen LogP contribution in [0.1, 0.15) is 43.1 Å². The van der Waals surface area contributed by atoms with E-state index in [2.05, 4.69) is 15.9 Å². The zero-order valence-electron chi connectivity index (χ0n) is 23.5. The highest BCUT2D eigenvalue weighted by molar-refractivity contribution is 5.92. The minimum Gasteiger partial charge on any atom is -0.494 e. The zero-order valence-corrected chi connectivity index (χ0v) is 23.5. The van der Waals surface area contributed by atoms with Crippen LogP contribution in [-0.4, -0.2) is 89.6 Å². The molecule has 2 aromatic carbocycles. The number of hydrogen-bond acceptors (Lipinski definition) is 8. The molecule has 3 saturated heterocycles. The van der Waals surface area contributed by atoms with Crippen molar-refractivity contribution >= 4 is 22.7 Å². The summed E-state index contributed by atoms with van der Waals surface area (Å²) in [5.41, 5.74) is 1.13. The number of nitriles is 1. The predicted molar refractivity (Wildman–Crippen MR) is 153 cm³/mol. The van der Waals surface area contributed by atoms with Crippen LogP contribution in [0.5, 0.6) is 5.75 Å².